The third kappa shape index (κ3) is 2.62. The number of urea groups is 1. The molecular weight excluding hydrogens is 220 g/mol. The van der Waals surface area contributed by atoms with Crippen LogP contribution in [0.5, 0.6) is 0 Å². The molecule has 0 aliphatic heterocycles. The number of carbonyl (C=O) groups excluding carboxylic acids is 1. The van der Waals surface area contributed by atoms with Crippen molar-refractivity contribution in [1.82, 2.24) is 10.3 Å². The summed E-state index contributed by atoms with van der Waals surface area (Å²) in [6, 6.07) is -0.332. The van der Waals surface area contributed by atoms with E-state index in [4.69, 9.17) is 0 Å². The van der Waals surface area contributed by atoms with E-state index in [-0.39, 0.29) is 11.0 Å². The lowest BCUT2D eigenvalue weighted by Gasteiger charge is -2.12. The molecule has 82 valence electrons. The largest absolute Gasteiger partial charge is 0.345 e. The number of aromatic nitrogens is 1. The molecule has 1 N–H and O–H groups in total. The van der Waals surface area contributed by atoms with E-state index in [1.807, 2.05) is 0 Å². The number of hydrogen-bond donors (Lipinski definition) is 1. The van der Waals surface area contributed by atoms with Gasteiger partial charge in [0.2, 0.25) is 0 Å². The molecule has 8 heteroatoms. The Balaban J connectivity index is 2.78. The lowest BCUT2D eigenvalue weighted by Crippen LogP contribution is -2.36. The molecule has 0 spiro atoms. The second-order valence-corrected chi connectivity index (χ2v) is 3.62. The van der Waals surface area contributed by atoms with Gasteiger partial charge in [-0.2, -0.15) is 0 Å². The van der Waals surface area contributed by atoms with E-state index in [2.05, 4.69) is 10.3 Å². The third-order valence-corrected chi connectivity index (χ3v) is 2.61. The number of nitrogens with one attached hydrogen (secondary N) is 1. The SMILES string of the molecule is CCNC(=O)N(C)c1ncc([N+](=O)[O-])s1. The van der Waals surface area contributed by atoms with Gasteiger partial charge in [0.1, 0.15) is 6.20 Å². The zero-order valence-electron chi connectivity index (χ0n) is 8.26. The van der Waals surface area contributed by atoms with Gasteiger partial charge >= 0.3 is 11.0 Å². The fourth-order valence-electron chi connectivity index (χ4n) is 0.853. The highest BCUT2D eigenvalue weighted by molar-refractivity contribution is 7.18. The van der Waals surface area contributed by atoms with Crippen LogP contribution in [0.1, 0.15) is 6.92 Å². The van der Waals surface area contributed by atoms with Crippen molar-refractivity contribution < 1.29 is 9.72 Å². The molecule has 0 bridgehead atoms. The average Bonchev–Trinajstić information content (AvgIpc) is 2.65. The maximum absolute atomic E-state index is 11.3. The molecule has 0 aliphatic carbocycles. The number of anilines is 1. The molecular formula is C7H10N4O3S. The average molecular weight is 230 g/mol. The first-order valence-corrected chi connectivity index (χ1v) is 4.99. The van der Waals surface area contributed by atoms with Crippen LogP contribution >= 0.6 is 11.3 Å². The summed E-state index contributed by atoms with van der Waals surface area (Å²) < 4.78 is 0. The van der Waals surface area contributed by atoms with Crippen molar-refractivity contribution in [2.75, 3.05) is 18.5 Å². The summed E-state index contributed by atoms with van der Waals surface area (Å²) in [5, 5.41) is 13.2. The summed E-state index contributed by atoms with van der Waals surface area (Å²) in [5.74, 6) is 0. The van der Waals surface area contributed by atoms with Crippen molar-refractivity contribution in [3.63, 3.8) is 0 Å². The standard InChI is InChI=1S/C7H10N4O3S/c1-3-8-6(12)10(2)7-9-4-5(15-7)11(13)14/h4H,3H2,1-2H3,(H,8,12). The van der Waals surface area contributed by atoms with Crippen molar-refractivity contribution in [2.45, 2.75) is 6.92 Å². The first-order valence-electron chi connectivity index (χ1n) is 4.18. The van der Waals surface area contributed by atoms with Crippen molar-refractivity contribution in [3.8, 4) is 0 Å². The molecule has 1 aromatic rings. The van der Waals surface area contributed by atoms with Gasteiger partial charge in [0.05, 0.1) is 4.92 Å². The highest BCUT2D eigenvalue weighted by atomic mass is 32.1. The molecule has 0 unspecified atom stereocenters. The van der Waals surface area contributed by atoms with Gasteiger partial charge < -0.3 is 5.32 Å². The predicted molar refractivity (Wildman–Crippen MR) is 56.2 cm³/mol. The molecule has 15 heavy (non-hydrogen) atoms. The van der Waals surface area contributed by atoms with Crippen LogP contribution in [0.25, 0.3) is 0 Å². The van der Waals surface area contributed by atoms with Crippen LogP contribution in [0, 0.1) is 10.1 Å². The van der Waals surface area contributed by atoms with Crippen molar-refractivity contribution in [2.24, 2.45) is 0 Å². The smallest absolute Gasteiger partial charge is 0.338 e. The Morgan fingerprint density at radius 1 is 1.80 bits per heavy atom. The summed E-state index contributed by atoms with van der Waals surface area (Å²) in [5.41, 5.74) is 0. The van der Waals surface area contributed by atoms with Gasteiger partial charge in [-0.25, -0.2) is 9.78 Å². The van der Waals surface area contributed by atoms with Crippen LogP contribution in [-0.2, 0) is 0 Å². The van der Waals surface area contributed by atoms with Crippen molar-refractivity contribution >= 4 is 27.5 Å². The van der Waals surface area contributed by atoms with Crippen LogP contribution in [-0.4, -0.2) is 29.5 Å². The highest BCUT2D eigenvalue weighted by Gasteiger charge is 2.17. The van der Waals surface area contributed by atoms with Gasteiger partial charge in [0.25, 0.3) is 0 Å². The van der Waals surface area contributed by atoms with E-state index >= 15 is 0 Å². The molecule has 0 atom stereocenters. The Labute approximate surface area is 89.9 Å². The molecule has 2 amide bonds. The van der Waals surface area contributed by atoms with E-state index in [0.717, 1.165) is 17.5 Å². The topological polar surface area (TPSA) is 88.4 Å². The fraction of sp³-hybridized carbons (Fsp3) is 0.429. The summed E-state index contributed by atoms with van der Waals surface area (Å²) >= 11 is 0.858. The summed E-state index contributed by atoms with van der Waals surface area (Å²) in [6.45, 7) is 2.28. The van der Waals surface area contributed by atoms with Crippen molar-refractivity contribution in [1.29, 1.82) is 0 Å². The molecule has 0 saturated carbocycles. The minimum atomic E-state index is -0.535. The zero-order valence-corrected chi connectivity index (χ0v) is 9.08. The first-order chi connectivity index (χ1) is 7.06. The lowest BCUT2D eigenvalue weighted by molar-refractivity contribution is -0.380. The molecule has 0 aromatic carbocycles. The van der Waals surface area contributed by atoms with E-state index in [0.29, 0.717) is 11.7 Å². The van der Waals surface area contributed by atoms with E-state index in [9.17, 15) is 14.9 Å². The van der Waals surface area contributed by atoms with Crippen LogP contribution in [0.4, 0.5) is 14.9 Å². The van der Waals surface area contributed by atoms with Gasteiger partial charge in [-0.05, 0) is 18.3 Å². The van der Waals surface area contributed by atoms with Gasteiger partial charge in [-0.1, -0.05) is 0 Å². The quantitative estimate of drug-likeness (QED) is 0.624. The zero-order chi connectivity index (χ0) is 11.4. The van der Waals surface area contributed by atoms with Gasteiger partial charge in [0, 0.05) is 13.6 Å². The Kier molecular flexibility index (Phi) is 3.56. The second-order valence-electron chi connectivity index (χ2n) is 2.63. The highest BCUT2D eigenvalue weighted by Crippen LogP contribution is 2.27. The molecule has 0 saturated heterocycles. The molecule has 1 heterocycles. The number of carbonyl (C=O) groups is 1. The van der Waals surface area contributed by atoms with Crippen LogP contribution in [0.3, 0.4) is 0 Å². The lowest BCUT2D eigenvalue weighted by atomic mass is 10.7. The third-order valence-electron chi connectivity index (χ3n) is 1.58. The van der Waals surface area contributed by atoms with E-state index in [1.165, 1.54) is 11.9 Å². The number of thiazole rings is 1. The number of nitrogens with zero attached hydrogens (tertiary/aromatic N) is 3. The first kappa shape index (κ1) is 11.4. The van der Waals surface area contributed by atoms with Crippen molar-refractivity contribution in [3.05, 3.63) is 16.3 Å². The van der Waals surface area contributed by atoms with Gasteiger partial charge in [0.15, 0.2) is 5.13 Å². The number of hydrogen-bond acceptors (Lipinski definition) is 5. The summed E-state index contributed by atoms with van der Waals surface area (Å²) in [4.78, 5) is 26.2. The molecule has 0 aliphatic rings. The summed E-state index contributed by atoms with van der Waals surface area (Å²) in [6.07, 6.45) is 1.13. The normalized spacial score (nSPS) is 9.73. The molecule has 1 rings (SSSR count). The van der Waals surface area contributed by atoms with Crippen LogP contribution in [0.2, 0.25) is 0 Å². The monoisotopic (exact) mass is 230 g/mol. The number of amides is 2. The molecule has 0 fully saturated rings. The maximum atomic E-state index is 11.3. The fourth-order valence-corrected chi connectivity index (χ4v) is 1.55. The Morgan fingerprint density at radius 3 is 2.93 bits per heavy atom. The Hall–Kier alpha value is -1.70. The van der Waals surface area contributed by atoms with E-state index < -0.39 is 4.92 Å². The Bertz CT molecular complexity index is 378. The van der Waals surface area contributed by atoms with Crippen LogP contribution < -0.4 is 10.2 Å². The Morgan fingerprint density at radius 2 is 2.47 bits per heavy atom. The van der Waals surface area contributed by atoms with E-state index in [1.54, 1.807) is 6.92 Å². The molecule has 7 nitrogen and oxygen atoms in total. The molecule has 1 aromatic heterocycles. The maximum Gasteiger partial charge on any atom is 0.345 e. The second kappa shape index (κ2) is 4.69. The van der Waals surface area contributed by atoms with Crippen LogP contribution in [0.15, 0.2) is 6.20 Å². The number of rotatable bonds is 3. The molecule has 0 radical (unpaired) electrons. The summed E-state index contributed by atoms with van der Waals surface area (Å²) in [7, 11) is 1.51. The van der Waals surface area contributed by atoms with Gasteiger partial charge in [-0.3, -0.25) is 15.0 Å². The van der Waals surface area contributed by atoms with Gasteiger partial charge in [-0.15, -0.1) is 0 Å². The predicted octanol–water partition coefficient (Wildman–Crippen LogP) is 1.22. The number of nitro groups is 1. The minimum Gasteiger partial charge on any atom is -0.338 e. The minimum absolute atomic E-state index is 0.0823.